The van der Waals surface area contributed by atoms with Gasteiger partial charge < -0.3 is 15.1 Å². The fourth-order valence-corrected chi connectivity index (χ4v) is 1.87. The minimum absolute atomic E-state index is 0.0946. The SMILES string of the molecule is CNC(C)(C)CNCCc1ccc2[nH]c(=O)oc2c1. The summed E-state index contributed by atoms with van der Waals surface area (Å²) in [5, 5.41) is 6.67. The van der Waals surface area contributed by atoms with Gasteiger partial charge in [0.25, 0.3) is 0 Å². The zero-order chi connectivity index (χ0) is 13.9. The number of aromatic nitrogens is 1. The summed E-state index contributed by atoms with van der Waals surface area (Å²) in [6.45, 7) is 6.11. The lowest BCUT2D eigenvalue weighted by Gasteiger charge is -2.24. The first-order valence-electron chi connectivity index (χ1n) is 6.51. The molecule has 0 saturated carbocycles. The van der Waals surface area contributed by atoms with Crippen LogP contribution in [0.2, 0.25) is 0 Å². The van der Waals surface area contributed by atoms with Gasteiger partial charge in [-0.3, -0.25) is 4.98 Å². The van der Waals surface area contributed by atoms with Gasteiger partial charge in [0.15, 0.2) is 5.58 Å². The molecule has 1 aromatic carbocycles. The van der Waals surface area contributed by atoms with Crippen LogP contribution in [0.1, 0.15) is 19.4 Å². The third-order valence-corrected chi connectivity index (χ3v) is 3.32. The van der Waals surface area contributed by atoms with E-state index in [-0.39, 0.29) is 5.54 Å². The van der Waals surface area contributed by atoms with Crippen molar-refractivity contribution in [1.82, 2.24) is 15.6 Å². The summed E-state index contributed by atoms with van der Waals surface area (Å²) in [5.41, 5.74) is 2.62. The van der Waals surface area contributed by atoms with Crippen molar-refractivity contribution in [3.05, 3.63) is 34.3 Å². The van der Waals surface area contributed by atoms with Crippen molar-refractivity contribution in [1.29, 1.82) is 0 Å². The van der Waals surface area contributed by atoms with Gasteiger partial charge in [0.1, 0.15) is 0 Å². The van der Waals surface area contributed by atoms with Gasteiger partial charge in [0, 0.05) is 12.1 Å². The molecule has 0 spiro atoms. The quantitative estimate of drug-likeness (QED) is 0.686. The predicted molar refractivity (Wildman–Crippen MR) is 76.5 cm³/mol. The number of nitrogens with one attached hydrogen (secondary N) is 3. The van der Waals surface area contributed by atoms with Gasteiger partial charge in [0.2, 0.25) is 0 Å². The Balaban J connectivity index is 1.89. The molecular formula is C14H21N3O2. The Labute approximate surface area is 112 Å². The molecule has 1 heterocycles. The minimum Gasteiger partial charge on any atom is -0.408 e. The number of hydrogen-bond acceptors (Lipinski definition) is 4. The normalized spacial score (nSPS) is 12.2. The zero-order valence-corrected chi connectivity index (χ0v) is 11.7. The monoisotopic (exact) mass is 263 g/mol. The van der Waals surface area contributed by atoms with Crippen molar-refractivity contribution in [2.75, 3.05) is 20.1 Å². The first-order valence-corrected chi connectivity index (χ1v) is 6.51. The maximum atomic E-state index is 11.1. The molecule has 0 aliphatic heterocycles. The number of H-pyrrole nitrogens is 1. The molecule has 5 nitrogen and oxygen atoms in total. The molecular weight excluding hydrogens is 242 g/mol. The molecule has 0 amide bonds. The second-order valence-corrected chi connectivity index (χ2v) is 5.41. The van der Waals surface area contributed by atoms with Crippen molar-refractivity contribution in [2.45, 2.75) is 25.8 Å². The van der Waals surface area contributed by atoms with Crippen LogP contribution >= 0.6 is 0 Å². The van der Waals surface area contributed by atoms with E-state index < -0.39 is 5.76 Å². The van der Waals surface area contributed by atoms with Gasteiger partial charge in [0.05, 0.1) is 5.52 Å². The Hall–Kier alpha value is -1.59. The van der Waals surface area contributed by atoms with Crippen LogP contribution in [0.25, 0.3) is 11.1 Å². The second kappa shape index (κ2) is 5.59. The molecule has 0 aliphatic rings. The lowest BCUT2D eigenvalue weighted by atomic mass is 10.1. The van der Waals surface area contributed by atoms with E-state index >= 15 is 0 Å². The van der Waals surface area contributed by atoms with E-state index in [1.165, 1.54) is 0 Å². The third-order valence-electron chi connectivity index (χ3n) is 3.32. The largest absolute Gasteiger partial charge is 0.417 e. The zero-order valence-electron chi connectivity index (χ0n) is 11.7. The van der Waals surface area contributed by atoms with Gasteiger partial charge in [-0.2, -0.15) is 0 Å². The van der Waals surface area contributed by atoms with Gasteiger partial charge in [-0.05, 0) is 51.6 Å². The molecule has 2 rings (SSSR count). The molecule has 19 heavy (non-hydrogen) atoms. The van der Waals surface area contributed by atoms with Gasteiger partial charge in [-0.15, -0.1) is 0 Å². The number of benzene rings is 1. The minimum atomic E-state index is -0.402. The average molecular weight is 263 g/mol. The fourth-order valence-electron chi connectivity index (χ4n) is 1.87. The summed E-state index contributed by atoms with van der Waals surface area (Å²) in [7, 11) is 1.96. The number of rotatable bonds is 6. The molecule has 1 aromatic heterocycles. The lowest BCUT2D eigenvalue weighted by Crippen LogP contribution is -2.46. The van der Waals surface area contributed by atoms with E-state index in [9.17, 15) is 4.79 Å². The smallest absolute Gasteiger partial charge is 0.408 e. The Morgan fingerprint density at radius 1 is 1.37 bits per heavy atom. The molecule has 104 valence electrons. The summed E-state index contributed by atoms with van der Waals surface area (Å²) in [6, 6.07) is 5.81. The Morgan fingerprint density at radius 3 is 2.89 bits per heavy atom. The summed E-state index contributed by atoms with van der Waals surface area (Å²) in [4.78, 5) is 13.7. The fraction of sp³-hybridized carbons (Fsp3) is 0.500. The average Bonchev–Trinajstić information content (AvgIpc) is 2.74. The molecule has 2 aromatic rings. The van der Waals surface area contributed by atoms with Gasteiger partial charge in [-0.1, -0.05) is 6.07 Å². The van der Waals surface area contributed by atoms with E-state index in [0.29, 0.717) is 5.58 Å². The van der Waals surface area contributed by atoms with E-state index in [4.69, 9.17) is 4.42 Å². The number of hydrogen-bond donors (Lipinski definition) is 3. The molecule has 0 unspecified atom stereocenters. The number of likely N-dealkylation sites (N-methyl/N-ethyl adjacent to an activating group) is 1. The van der Waals surface area contributed by atoms with Gasteiger partial charge in [-0.25, -0.2) is 4.79 Å². The number of oxazole rings is 1. The highest BCUT2D eigenvalue weighted by molar-refractivity contribution is 5.72. The van der Waals surface area contributed by atoms with Crippen molar-refractivity contribution < 1.29 is 4.42 Å². The number of fused-ring (bicyclic) bond motifs is 1. The molecule has 3 N–H and O–H groups in total. The van der Waals surface area contributed by atoms with Crippen LogP contribution in [0.15, 0.2) is 27.4 Å². The van der Waals surface area contributed by atoms with Crippen LogP contribution in [0.3, 0.4) is 0 Å². The van der Waals surface area contributed by atoms with E-state index in [0.717, 1.165) is 30.6 Å². The molecule has 5 heteroatoms. The summed E-state index contributed by atoms with van der Waals surface area (Å²) in [5.74, 6) is -0.402. The second-order valence-electron chi connectivity index (χ2n) is 5.41. The highest BCUT2D eigenvalue weighted by atomic mass is 16.4. The molecule has 0 fully saturated rings. The van der Waals surface area contributed by atoms with Crippen molar-refractivity contribution >= 4 is 11.1 Å². The Bertz CT molecular complexity index is 598. The third kappa shape index (κ3) is 3.68. The Morgan fingerprint density at radius 2 is 2.16 bits per heavy atom. The van der Waals surface area contributed by atoms with E-state index in [1.54, 1.807) is 0 Å². The molecule has 0 bridgehead atoms. The van der Waals surface area contributed by atoms with Gasteiger partial charge >= 0.3 is 5.76 Å². The highest BCUT2D eigenvalue weighted by Crippen LogP contribution is 2.12. The maximum absolute atomic E-state index is 11.1. The standard InChI is InChI=1S/C14H21N3O2/c1-14(2,15-3)9-16-7-6-10-4-5-11-12(8-10)19-13(18)17-11/h4-5,8,15-16H,6-7,9H2,1-3H3,(H,17,18). The molecule has 0 aliphatic carbocycles. The molecule has 0 atom stereocenters. The van der Waals surface area contributed by atoms with Crippen LogP contribution in [0.5, 0.6) is 0 Å². The summed E-state index contributed by atoms with van der Waals surface area (Å²) < 4.78 is 5.04. The van der Waals surface area contributed by atoms with Crippen LogP contribution in [-0.4, -0.2) is 30.7 Å². The van der Waals surface area contributed by atoms with Crippen molar-refractivity contribution in [3.8, 4) is 0 Å². The van der Waals surface area contributed by atoms with Crippen LogP contribution < -0.4 is 16.4 Å². The summed E-state index contributed by atoms with van der Waals surface area (Å²) in [6.07, 6.45) is 0.907. The predicted octanol–water partition coefficient (Wildman–Crippen LogP) is 1.25. The van der Waals surface area contributed by atoms with Crippen LogP contribution in [-0.2, 0) is 6.42 Å². The van der Waals surface area contributed by atoms with Crippen molar-refractivity contribution in [2.24, 2.45) is 0 Å². The Kier molecular flexibility index (Phi) is 4.07. The topological polar surface area (TPSA) is 70.1 Å². The number of aromatic amines is 1. The summed E-state index contributed by atoms with van der Waals surface area (Å²) >= 11 is 0. The highest BCUT2D eigenvalue weighted by Gasteiger charge is 2.13. The van der Waals surface area contributed by atoms with Crippen molar-refractivity contribution in [3.63, 3.8) is 0 Å². The first-order chi connectivity index (χ1) is 9.00. The van der Waals surface area contributed by atoms with E-state index in [1.807, 2.05) is 25.2 Å². The lowest BCUT2D eigenvalue weighted by molar-refractivity contribution is 0.395. The maximum Gasteiger partial charge on any atom is 0.417 e. The van der Waals surface area contributed by atoms with Crippen LogP contribution in [0.4, 0.5) is 0 Å². The van der Waals surface area contributed by atoms with Crippen LogP contribution in [0, 0.1) is 0 Å². The molecule has 0 saturated heterocycles. The van der Waals surface area contributed by atoms with E-state index in [2.05, 4.69) is 29.5 Å². The first kappa shape index (κ1) is 13.8. The molecule has 0 radical (unpaired) electrons.